The van der Waals surface area contributed by atoms with Crippen molar-refractivity contribution in [3.05, 3.63) is 12.7 Å². The van der Waals surface area contributed by atoms with Gasteiger partial charge in [-0.25, -0.2) is 0 Å². The molecule has 3 atom stereocenters. The Bertz CT molecular complexity index is 332. The van der Waals surface area contributed by atoms with E-state index in [1.807, 2.05) is 11.0 Å². The van der Waals surface area contributed by atoms with Crippen LogP contribution in [0, 0.1) is 11.8 Å². The minimum absolute atomic E-state index is 0.0386. The van der Waals surface area contributed by atoms with Crippen molar-refractivity contribution < 1.29 is 4.79 Å². The van der Waals surface area contributed by atoms with Crippen molar-refractivity contribution in [2.24, 2.45) is 11.8 Å². The van der Waals surface area contributed by atoms with Gasteiger partial charge in [0.05, 0.1) is 6.04 Å². The van der Waals surface area contributed by atoms with Gasteiger partial charge < -0.3 is 10.2 Å². The molecule has 1 N–H and O–H groups in total. The molecule has 3 heteroatoms. The summed E-state index contributed by atoms with van der Waals surface area (Å²) in [5, 5.41) is 3.44. The molecule has 3 unspecified atom stereocenters. The Morgan fingerprint density at radius 1 is 1.44 bits per heavy atom. The van der Waals surface area contributed by atoms with Crippen LogP contribution in [0.5, 0.6) is 0 Å². The molecule has 2 rings (SSSR count). The molecule has 18 heavy (non-hydrogen) atoms. The monoisotopic (exact) mass is 250 g/mol. The third-order valence-corrected chi connectivity index (χ3v) is 4.40. The van der Waals surface area contributed by atoms with E-state index in [1.54, 1.807) is 0 Å². The normalized spacial score (nSPS) is 31.2. The van der Waals surface area contributed by atoms with Crippen LogP contribution in [0.4, 0.5) is 0 Å². The molecule has 1 heterocycles. The van der Waals surface area contributed by atoms with Crippen molar-refractivity contribution in [1.29, 1.82) is 0 Å². The number of nitrogens with one attached hydrogen (secondary N) is 1. The third-order valence-electron chi connectivity index (χ3n) is 4.40. The fourth-order valence-electron chi connectivity index (χ4n) is 3.45. The van der Waals surface area contributed by atoms with Crippen molar-refractivity contribution in [2.75, 3.05) is 13.1 Å². The average molecular weight is 250 g/mol. The highest BCUT2D eigenvalue weighted by molar-refractivity contribution is 5.83. The summed E-state index contributed by atoms with van der Waals surface area (Å²) in [4.78, 5) is 14.7. The van der Waals surface area contributed by atoms with Gasteiger partial charge >= 0.3 is 0 Å². The van der Waals surface area contributed by atoms with Crippen LogP contribution in [0.3, 0.4) is 0 Å². The minimum Gasteiger partial charge on any atom is -0.333 e. The Labute approximate surface area is 111 Å². The van der Waals surface area contributed by atoms with Crippen molar-refractivity contribution in [2.45, 2.75) is 51.6 Å². The van der Waals surface area contributed by atoms with Crippen LogP contribution in [-0.4, -0.2) is 35.5 Å². The van der Waals surface area contributed by atoms with Gasteiger partial charge in [0.2, 0.25) is 5.91 Å². The number of amides is 1. The summed E-state index contributed by atoms with van der Waals surface area (Å²) in [7, 11) is 0. The fraction of sp³-hybridized carbons (Fsp3) is 0.800. The lowest BCUT2D eigenvalue weighted by atomic mass is 9.92. The van der Waals surface area contributed by atoms with Gasteiger partial charge in [-0.15, -0.1) is 6.58 Å². The van der Waals surface area contributed by atoms with Crippen LogP contribution in [0.1, 0.15) is 40.0 Å². The topological polar surface area (TPSA) is 32.3 Å². The average Bonchev–Trinajstić information content (AvgIpc) is 2.84. The lowest BCUT2D eigenvalue weighted by Crippen LogP contribution is -2.53. The maximum atomic E-state index is 12.7. The lowest BCUT2D eigenvalue weighted by molar-refractivity contribution is -0.138. The molecule has 1 saturated heterocycles. The van der Waals surface area contributed by atoms with Crippen molar-refractivity contribution >= 4 is 5.91 Å². The van der Waals surface area contributed by atoms with Gasteiger partial charge in [0, 0.05) is 12.1 Å². The molecular formula is C15H26N2O. The van der Waals surface area contributed by atoms with E-state index >= 15 is 0 Å². The van der Waals surface area contributed by atoms with Crippen molar-refractivity contribution in [3.8, 4) is 0 Å². The Morgan fingerprint density at radius 3 is 2.78 bits per heavy atom. The molecular weight excluding hydrogens is 224 g/mol. The second-order valence-electron chi connectivity index (χ2n) is 6.65. The van der Waals surface area contributed by atoms with E-state index in [2.05, 4.69) is 32.7 Å². The first-order valence-electron chi connectivity index (χ1n) is 7.11. The summed E-state index contributed by atoms with van der Waals surface area (Å²) < 4.78 is 0. The van der Waals surface area contributed by atoms with Crippen molar-refractivity contribution in [3.63, 3.8) is 0 Å². The number of fused-ring (bicyclic) bond motifs is 1. The van der Waals surface area contributed by atoms with Gasteiger partial charge in [-0.05, 0) is 52.0 Å². The Morgan fingerprint density at radius 2 is 2.17 bits per heavy atom. The van der Waals surface area contributed by atoms with E-state index in [4.69, 9.17) is 0 Å². The largest absolute Gasteiger partial charge is 0.333 e. The van der Waals surface area contributed by atoms with E-state index in [0.29, 0.717) is 12.5 Å². The minimum atomic E-state index is -0.135. The smallest absolute Gasteiger partial charge is 0.240 e. The van der Waals surface area contributed by atoms with Gasteiger partial charge in [0.15, 0.2) is 0 Å². The predicted molar refractivity (Wildman–Crippen MR) is 74.3 cm³/mol. The SMILES string of the molecule is C=CCN(C(=O)C1NCC2CCCC21)C(C)(C)C. The van der Waals surface area contributed by atoms with E-state index in [0.717, 1.165) is 12.5 Å². The third kappa shape index (κ3) is 2.46. The zero-order chi connectivity index (χ0) is 13.3. The summed E-state index contributed by atoms with van der Waals surface area (Å²) in [6.45, 7) is 11.7. The highest BCUT2D eigenvalue weighted by Crippen LogP contribution is 2.38. The molecule has 1 aliphatic heterocycles. The molecule has 1 amide bonds. The number of hydrogen-bond donors (Lipinski definition) is 1. The van der Waals surface area contributed by atoms with Gasteiger partial charge in [-0.1, -0.05) is 12.5 Å². The summed E-state index contributed by atoms with van der Waals surface area (Å²) in [6, 6.07) is 0.0386. The molecule has 1 saturated carbocycles. The molecule has 102 valence electrons. The second-order valence-corrected chi connectivity index (χ2v) is 6.65. The van der Waals surface area contributed by atoms with Crippen molar-refractivity contribution in [1.82, 2.24) is 10.2 Å². The van der Waals surface area contributed by atoms with Crippen LogP contribution >= 0.6 is 0 Å². The van der Waals surface area contributed by atoms with E-state index in [1.165, 1.54) is 19.3 Å². The van der Waals surface area contributed by atoms with E-state index < -0.39 is 0 Å². The first-order valence-corrected chi connectivity index (χ1v) is 7.11. The van der Waals surface area contributed by atoms with Crippen LogP contribution < -0.4 is 5.32 Å². The molecule has 0 spiro atoms. The summed E-state index contributed by atoms with van der Waals surface area (Å²) >= 11 is 0. The van der Waals surface area contributed by atoms with Gasteiger partial charge in [-0.3, -0.25) is 4.79 Å². The number of rotatable bonds is 3. The van der Waals surface area contributed by atoms with Crippen LogP contribution in [-0.2, 0) is 4.79 Å². The number of carbonyl (C=O) groups excluding carboxylic acids is 1. The molecule has 3 nitrogen and oxygen atoms in total. The Hall–Kier alpha value is -0.830. The molecule has 0 aromatic rings. The summed E-state index contributed by atoms with van der Waals surface area (Å²) in [5.41, 5.74) is -0.135. The van der Waals surface area contributed by atoms with E-state index in [-0.39, 0.29) is 17.5 Å². The van der Waals surface area contributed by atoms with Gasteiger partial charge in [0.25, 0.3) is 0 Å². The Balaban J connectivity index is 2.11. The van der Waals surface area contributed by atoms with Crippen LogP contribution in [0.15, 0.2) is 12.7 Å². The molecule has 0 aromatic carbocycles. The molecule has 2 aliphatic rings. The van der Waals surface area contributed by atoms with Gasteiger partial charge in [-0.2, -0.15) is 0 Å². The second kappa shape index (κ2) is 5.04. The predicted octanol–water partition coefficient (Wildman–Crippen LogP) is 2.19. The fourth-order valence-corrected chi connectivity index (χ4v) is 3.45. The first-order chi connectivity index (χ1) is 8.45. The first kappa shape index (κ1) is 13.6. The maximum absolute atomic E-state index is 12.7. The van der Waals surface area contributed by atoms with Crippen LogP contribution in [0.25, 0.3) is 0 Å². The van der Waals surface area contributed by atoms with E-state index in [9.17, 15) is 4.79 Å². The van der Waals surface area contributed by atoms with Gasteiger partial charge in [0.1, 0.15) is 0 Å². The lowest BCUT2D eigenvalue weighted by Gasteiger charge is -2.37. The molecule has 2 fully saturated rings. The zero-order valence-corrected chi connectivity index (χ0v) is 11.9. The number of hydrogen-bond acceptors (Lipinski definition) is 2. The highest BCUT2D eigenvalue weighted by Gasteiger charge is 2.44. The molecule has 0 bridgehead atoms. The molecule has 1 aliphatic carbocycles. The maximum Gasteiger partial charge on any atom is 0.240 e. The molecule has 0 radical (unpaired) electrons. The number of carbonyl (C=O) groups is 1. The standard InChI is InChI=1S/C15H26N2O/c1-5-9-17(15(2,3)4)14(18)13-12-8-6-7-11(12)10-16-13/h5,11-13,16H,1,6-10H2,2-4H3. The molecule has 0 aromatic heterocycles. The summed E-state index contributed by atoms with van der Waals surface area (Å²) in [6.07, 6.45) is 5.61. The number of nitrogens with zero attached hydrogens (tertiary/aromatic N) is 1. The summed E-state index contributed by atoms with van der Waals surface area (Å²) in [5.74, 6) is 1.55. The Kier molecular flexibility index (Phi) is 3.81. The highest BCUT2D eigenvalue weighted by atomic mass is 16.2. The zero-order valence-electron chi connectivity index (χ0n) is 11.9. The quantitative estimate of drug-likeness (QED) is 0.779. The van der Waals surface area contributed by atoms with Crippen LogP contribution in [0.2, 0.25) is 0 Å².